The molecule has 0 saturated carbocycles. The quantitative estimate of drug-likeness (QED) is 0.649. The van der Waals surface area contributed by atoms with Crippen LogP contribution in [0.4, 0.5) is 0 Å². The predicted octanol–water partition coefficient (Wildman–Crippen LogP) is 1.06. The summed E-state index contributed by atoms with van der Waals surface area (Å²) in [5.41, 5.74) is 0. The number of amidine groups is 1. The van der Waals surface area contributed by atoms with Gasteiger partial charge in [0.1, 0.15) is 0 Å². The molecular weight excluding hydrogens is 162 g/mol. The first-order chi connectivity index (χ1) is 6.20. The third-order valence-electron chi connectivity index (χ3n) is 2.42. The van der Waals surface area contributed by atoms with Gasteiger partial charge in [0.05, 0.1) is 5.84 Å². The zero-order valence-corrected chi connectivity index (χ0v) is 9.08. The molecule has 0 radical (unpaired) electrons. The smallest absolute Gasteiger partial charge is 0.0957 e. The summed E-state index contributed by atoms with van der Waals surface area (Å²) < 4.78 is 0. The van der Waals surface area contributed by atoms with Crippen molar-refractivity contribution >= 4 is 5.84 Å². The Morgan fingerprint density at radius 1 is 1.46 bits per heavy atom. The summed E-state index contributed by atoms with van der Waals surface area (Å²) in [5, 5.41) is 0. The molecule has 1 heterocycles. The Morgan fingerprint density at radius 3 is 2.85 bits per heavy atom. The van der Waals surface area contributed by atoms with Crippen LogP contribution in [0.1, 0.15) is 19.8 Å². The van der Waals surface area contributed by atoms with Gasteiger partial charge in [0, 0.05) is 19.6 Å². The maximum absolute atomic E-state index is 4.44. The van der Waals surface area contributed by atoms with E-state index in [1.54, 1.807) is 0 Å². The number of aliphatic imine (C=N–C) groups is 1. The van der Waals surface area contributed by atoms with E-state index in [1.165, 1.54) is 31.8 Å². The van der Waals surface area contributed by atoms with E-state index in [4.69, 9.17) is 0 Å². The van der Waals surface area contributed by atoms with Crippen LogP contribution in [0, 0.1) is 0 Å². The summed E-state index contributed by atoms with van der Waals surface area (Å²) in [6, 6.07) is 0. The van der Waals surface area contributed by atoms with E-state index in [2.05, 4.69) is 35.8 Å². The summed E-state index contributed by atoms with van der Waals surface area (Å²) >= 11 is 0. The number of hydrogen-bond donors (Lipinski definition) is 0. The van der Waals surface area contributed by atoms with E-state index in [1.807, 2.05) is 0 Å². The molecule has 76 valence electrons. The van der Waals surface area contributed by atoms with Crippen LogP contribution in [0.5, 0.6) is 0 Å². The van der Waals surface area contributed by atoms with Gasteiger partial charge in [-0.15, -0.1) is 0 Å². The van der Waals surface area contributed by atoms with Gasteiger partial charge in [-0.1, -0.05) is 0 Å². The summed E-state index contributed by atoms with van der Waals surface area (Å²) in [4.78, 5) is 9.07. The number of hydrogen-bond acceptors (Lipinski definition) is 3. The predicted molar refractivity (Wildman–Crippen MR) is 57.3 cm³/mol. The molecule has 1 aliphatic rings. The molecule has 3 heteroatoms. The number of rotatable bonds is 4. The molecule has 0 aromatic rings. The molecule has 0 bridgehead atoms. The molecule has 0 aliphatic carbocycles. The first-order valence-electron chi connectivity index (χ1n) is 5.11. The minimum absolute atomic E-state index is 1.02. The highest BCUT2D eigenvalue weighted by Crippen LogP contribution is 2.03. The van der Waals surface area contributed by atoms with Crippen LogP contribution in [-0.2, 0) is 0 Å². The van der Waals surface area contributed by atoms with Crippen LogP contribution < -0.4 is 0 Å². The standard InChI is InChI=1S/C10H21N3/c1-10-11-6-4-8-13(10)9-5-7-12(2)3/h4-9H2,1-3H3. The SMILES string of the molecule is CC1=NCCCN1CCCN(C)C. The second-order valence-electron chi connectivity index (χ2n) is 3.93. The van der Waals surface area contributed by atoms with Gasteiger partial charge in [-0.05, 0) is 40.4 Å². The van der Waals surface area contributed by atoms with Gasteiger partial charge < -0.3 is 9.80 Å². The Morgan fingerprint density at radius 2 is 2.23 bits per heavy atom. The minimum atomic E-state index is 1.02. The molecule has 0 aromatic heterocycles. The molecule has 0 N–H and O–H groups in total. The molecule has 0 unspecified atom stereocenters. The fraction of sp³-hybridized carbons (Fsp3) is 0.900. The van der Waals surface area contributed by atoms with Crippen molar-refractivity contribution in [1.82, 2.24) is 9.80 Å². The Balaban J connectivity index is 2.20. The Kier molecular flexibility index (Phi) is 4.22. The van der Waals surface area contributed by atoms with Gasteiger partial charge >= 0.3 is 0 Å². The summed E-state index contributed by atoms with van der Waals surface area (Å²) in [6.07, 6.45) is 2.46. The fourth-order valence-corrected chi connectivity index (χ4v) is 1.62. The largest absolute Gasteiger partial charge is 0.360 e. The molecule has 0 amide bonds. The fourth-order valence-electron chi connectivity index (χ4n) is 1.62. The average Bonchev–Trinajstić information content (AvgIpc) is 2.08. The highest BCUT2D eigenvalue weighted by atomic mass is 15.2. The van der Waals surface area contributed by atoms with Crippen LogP contribution in [0.3, 0.4) is 0 Å². The molecule has 0 fully saturated rings. The molecule has 0 saturated heterocycles. The third-order valence-corrected chi connectivity index (χ3v) is 2.42. The summed E-state index contributed by atoms with van der Waals surface area (Å²) in [5.74, 6) is 1.23. The summed E-state index contributed by atoms with van der Waals surface area (Å²) in [6.45, 7) is 6.67. The lowest BCUT2D eigenvalue weighted by molar-refractivity contribution is 0.337. The Bertz CT molecular complexity index is 175. The van der Waals surface area contributed by atoms with Crippen LogP contribution in [0.15, 0.2) is 4.99 Å². The van der Waals surface area contributed by atoms with Crippen molar-refractivity contribution in [2.75, 3.05) is 40.3 Å². The van der Waals surface area contributed by atoms with Crippen molar-refractivity contribution in [3.63, 3.8) is 0 Å². The monoisotopic (exact) mass is 183 g/mol. The van der Waals surface area contributed by atoms with Crippen LogP contribution >= 0.6 is 0 Å². The Labute approximate surface area is 81.4 Å². The van der Waals surface area contributed by atoms with Crippen molar-refractivity contribution in [3.8, 4) is 0 Å². The zero-order valence-electron chi connectivity index (χ0n) is 9.08. The molecule has 0 aromatic carbocycles. The van der Waals surface area contributed by atoms with E-state index in [-0.39, 0.29) is 0 Å². The summed E-state index contributed by atoms with van der Waals surface area (Å²) in [7, 11) is 4.24. The maximum Gasteiger partial charge on any atom is 0.0957 e. The van der Waals surface area contributed by atoms with Gasteiger partial charge in [-0.3, -0.25) is 4.99 Å². The lowest BCUT2D eigenvalue weighted by Crippen LogP contribution is -2.35. The molecule has 1 rings (SSSR count). The minimum Gasteiger partial charge on any atom is -0.360 e. The van der Waals surface area contributed by atoms with Crippen molar-refractivity contribution in [3.05, 3.63) is 0 Å². The van der Waals surface area contributed by atoms with Gasteiger partial charge in [0.15, 0.2) is 0 Å². The molecule has 3 nitrogen and oxygen atoms in total. The Hall–Kier alpha value is -0.570. The number of nitrogens with zero attached hydrogens (tertiary/aromatic N) is 3. The van der Waals surface area contributed by atoms with E-state index in [9.17, 15) is 0 Å². The topological polar surface area (TPSA) is 18.8 Å². The molecular formula is C10H21N3. The zero-order chi connectivity index (χ0) is 9.68. The third kappa shape index (κ3) is 3.77. The second-order valence-corrected chi connectivity index (χ2v) is 3.93. The van der Waals surface area contributed by atoms with Gasteiger partial charge in [-0.2, -0.15) is 0 Å². The van der Waals surface area contributed by atoms with E-state index < -0.39 is 0 Å². The lowest BCUT2D eigenvalue weighted by atomic mass is 10.3. The van der Waals surface area contributed by atoms with Gasteiger partial charge in [0.25, 0.3) is 0 Å². The van der Waals surface area contributed by atoms with E-state index in [0.717, 1.165) is 13.1 Å². The van der Waals surface area contributed by atoms with E-state index >= 15 is 0 Å². The normalized spacial score (nSPS) is 17.8. The maximum atomic E-state index is 4.44. The first kappa shape index (κ1) is 10.5. The van der Waals surface area contributed by atoms with Gasteiger partial charge in [0.2, 0.25) is 0 Å². The highest BCUT2D eigenvalue weighted by molar-refractivity contribution is 5.80. The molecule has 0 atom stereocenters. The van der Waals surface area contributed by atoms with Crippen LogP contribution in [-0.4, -0.2) is 55.9 Å². The van der Waals surface area contributed by atoms with Crippen LogP contribution in [0.25, 0.3) is 0 Å². The van der Waals surface area contributed by atoms with E-state index in [0.29, 0.717) is 0 Å². The first-order valence-corrected chi connectivity index (χ1v) is 5.11. The van der Waals surface area contributed by atoms with Crippen LogP contribution in [0.2, 0.25) is 0 Å². The molecule has 0 spiro atoms. The molecule has 1 aliphatic heterocycles. The van der Waals surface area contributed by atoms with Crippen molar-refractivity contribution in [1.29, 1.82) is 0 Å². The lowest BCUT2D eigenvalue weighted by Gasteiger charge is -2.27. The highest BCUT2D eigenvalue weighted by Gasteiger charge is 2.09. The average molecular weight is 183 g/mol. The van der Waals surface area contributed by atoms with Gasteiger partial charge in [-0.25, -0.2) is 0 Å². The molecule has 13 heavy (non-hydrogen) atoms. The van der Waals surface area contributed by atoms with Crippen molar-refractivity contribution < 1.29 is 0 Å². The van der Waals surface area contributed by atoms with Crippen molar-refractivity contribution in [2.45, 2.75) is 19.8 Å². The van der Waals surface area contributed by atoms with Crippen molar-refractivity contribution in [2.24, 2.45) is 4.99 Å². The second kappa shape index (κ2) is 5.22.